The Hall–Kier alpha value is -1.44. The van der Waals surface area contributed by atoms with E-state index in [0.29, 0.717) is 17.1 Å². The van der Waals surface area contributed by atoms with Crippen LogP contribution in [0.1, 0.15) is 58.8 Å². The van der Waals surface area contributed by atoms with E-state index in [1.54, 1.807) is 28.6 Å². The zero-order valence-corrected chi connectivity index (χ0v) is 17.9. The van der Waals surface area contributed by atoms with Crippen molar-refractivity contribution in [3.8, 4) is 0 Å². The molecule has 3 rings (SSSR count). The molecule has 2 fully saturated rings. The van der Waals surface area contributed by atoms with Crippen LogP contribution >= 0.6 is 0 Å². The van der Waals surface area contributed by atoms with E-state index < -0.39 is 10.0 Å². The first-order valence-corrected chi connectivity index (χ1v) is 12.0. The Morgan fingerprint density at radius 2 is 1.54 bits per heavy atom. The largest absolute Gasteiger partial charge is 0.325 e. The second kappa shape index (κ2) is 9.37. The zero-order chi connectivity index (χ0) is 20.1. The number of anilines is 1. The molecule has 0 radical (unpaired) electrons. The molecule has 2 aliphatic heterocycles. The van der Waals surface area contributed by atoms with Crippen LogP contribution in [0.3, 0.4) is 0 Å². The predicted octanol–water partition coefficient (Wildman–Crippen LogP) is 3.45. The third-order valence-electron chi connectivity index (χ3n) is 5.89. The van der Waals surface area contributed by atoms with Crippen LogP contribution in [0.15, 0.2) is 29.2 Å². The number of nitrogens with zero attached hydrogens (tertiary/aromatic N) is 2. The zero-order valence-electron chi connectivity index (χ0n) is 17.1. The molecule has 0 spiro atoms. The molecule has 0 bridgehead atoms. The fraction of sp³-hybridized carbons (Fsp3) is 0.667. The molecule has 0 unspecified atom stereocenters. The first-order valence-electron chi connectivity index (χ1n) is 10.5. The summed E-state index contributed by atoms with van der Waals surface area (Å²) < 4.78 is 27.8. The first kappa shape index (κ1) is 21.3. The maximum absolute atomic E-state index is 13.1. The van der Waals surface area contributed by atoms with Crippen molar-refractivity contribution in [2.75, 3.05) is 25.0 Å². The molecule has 1 aromatic rings. The molecule has 2 atom stereocenters. The lowest BCUT2D eigenvalue weighted by Crippen LogP contribution is -2.47. The van der Waals surface area contributed by atoms with Gasteiger partial charge >= 0.3 is 0 Å². The summed E-state index contributed by atoms with van der Waals surface area (Å²) in [6.07, 6.45) is 7.63. The number of carbonyl (C=O) groups is 1. The molecular formula is C21H33N3O3S. The summed E-state index contributed by atoms with van der Waals surface area (Å²) in [5.74, 6) is -0.0456. The molecule has 2 heterocycles. The lowest BCUT2D eigenvalue weighted by Gasteiger charge is -2.37. The predicted molar refractivity (Wildman–Crippen MR) is 112 cm³/mol. The highest BCUT2D eigenvalue weighted by Crippen LogP contribution is 2.29. The van der Waals surface area contributed by atoms with E-state index in [-0.39, 0.29) is 18.0 Å². The molecule has 28 heavy (non-hydrogen) atoms. The average molecular weight is 408 g/mol. The third kappa shape index (κ3) is 5.13. The van der Waals surface area contributed by atoms with Crippen LogP contribution in [0.4, 0.5) is 5.69 Å². The van der Waals surface area contributed by atoms with E-state index in [0.717, 1.165) is 45.2 Å². The van der Waals surface area contributed by atoms with E-state index >= 15 is 0 Å². The Bertz CT molecular complexity index is 746. The molecule has 2 aliphatic rings. The van der Waals surface area contributed by atoms with Gasteiger partial charge in [0.25, 0.3) is 0 Å². The van der Waals surface area contributed by atoms with Gasteiger partial charge in [-0.25, -0.2) is 8.42 Å². The highest BCUT2D eigenvalue weighted by molar-refractivity contribution is 7.89. The van der Waals surface area contributed by atoms with Gasteiger partial charge in [-0.1, -0.05) is 19.3 Å². The lowest BCUT2D eigenvalue weighted by atomic mass is 10.0. The summed E-state index contributed by atoms with van der Waals surface area (Å²) >= 11 is 0. The van der Waals surface area contributed by atoms with Gasteiger partial charge < -0.3 is 5.32 Å². The van der Waals surface area contributed by atoms with Gasteiger partial charge in [0.2, 0.25) is 15.9 Å². The van der Waals surface area contributed by atoms with Gasteiger partial charge in [-0.15, -0.1) is 0 Å². The second-order valence-corrected chi connectivity index (χ2v) is 10.1. The number of likely N-dealkylation sites (tertiary alicyclic amines) is 1. The fourth-order valence-electron chi connectivity index (χ4n) is 4.40. The summed E-state index contributed by atoms with van der Waals surface area (Å²) in [6, 6.07) is 6.61. The minimum atomic E-state index is -3.52. The Morgan fingerprint density at radius 1 is 0.964 bits per heavy atom. The minimum absolute atomic E-state index is 0.0155. The maximum atomic E-state index is 13.1. The summed E-state index contributed by atoms with van der Waals surface area (Å²) in [6.45, 7) is 6.28. The van der Waals surface area contributed by atoms with Crippen molar-refractivity contribution >= 4 is 21.6 Å². The first-order chi connectivity index (χ1) is 13.4. The van der Waals surface area contributed by atoms with Crippen LogP contribution in [0.25, 0.3) is 0 Å². The molecule has 1 aromatic carbocycles. The molecule has 7 heteroatoms. The van der Waals surface area contributed by atoms with E-state index in [1.165, 1.54) is 12.8 Å². The van der Waals surface area contributed by atoms with Gasteiger partial charge in [0.15, 0.2) is 0 Å². The Labute approximate surface area is 169 Å². The summed E-state index contributed by atoms with van der Waals surface area (Å²) in [7, 11) is -3.52. The van der Waals surface area contributed by atoms with Crippen LogP contribution in [0.2, 0.25) is 0 Å². The number of hydrogen-bond donors (Lipinski definition) is 1. The number of benzene rings is 1. The van der Waals surface area contributed by atoms with Crippen molar-refractivity contribution in [1.82, 2.24) is 9.21 Å². The Morgan fingerprint density at radius 3 is 2.11 bits per heavy atom. The SMILES string of the molecule is C[C@H]1CCC[C@H](C)N1S(=O)(=O)c1ccc(NC(=O)CN2CCCCCC2)cc1. The molecule has 1 N–H and O–H groups in total. The maximum Gasteiger partial charge on any atom is 0.243 e. The molecule has 2 saturated heterocycles. The van der Waals surface area contributed by atoms with Crippen molar-refractivity contribution in [3.05, 3.63) is 24.3 Å². The summed E-state index contributed by atoms with van der Waals surface area (Å²) in [4.78, 5) is 14.8. The van der Waals surface area contributed by atoms with Crippen LogP contribution in [0.5, 0.6) is 0 Å². The second-order valence-electron chi connectivity index (χ2n) is 8.23. The van der Waals surface area contributed by atoms with Gasteiger partial charge in [-0.2, -0.15) is 4.31 Å². The molecule has 0 aliphatic carbocycles. The quantitative estimate of drug-likeness (QED) is 0.812. The molecule has 0 aromatic heterocycles. The topological polar surface area (TPSA) is 69.7 Å². The minimum Gasteiger partial charge on any atom is -0.325 e. The fourth-order valence-corrected chi connectivity index (χ4v) is 6.28. The van der Waals surface area contributed by atoms with E-state index in [1.807, 2.05) is 13.8 Å². The standard InChI is InChI=1S/C21H33N3O3S/c1-17-8-7-9-18(2)24(17)28(26,27)20-12-10-19(11-13-20)22-21(25)16-23-14-5-3-4-6-15-23/h10-13,17-18H,3-9,14-16H2,1-2H3,(H,22,25)/t17-,18-/m0/s1. The highest BCUT2D eigenvalue weighted by Gasteiger charge is 2.35. The number of nitrogens with one attached hydrogen (secondary N) is 1. The number of hydrogen-bond acceptors (Lipinski definition) is 4. The Balaban J connectivity index is 1.63. The van der Waals surface area contributed by atoms with Crippen molar-refractivity contribution in [2.45, 2.75) is 75.8 Å². The average Bonchev–Trinajstić information content (AvgIpc) is 2.90. The van der Waals surface area contributed by atoms with Gasteiger partial charge in [-0.3, -0.25) is 9.69 Å². The van der Waals surface area contributed by atoms with E-state index in [2.05, 4.69) is 10.2 Å². The van der Waals surface area contributed by atoms with E-state index in [9.17, 15) is 13.2 Å². The van der Waals surface area contributed by atoms with Gasteiger partial charge in [0.1, 0.15) is 0 Å². The number of carbonyl (C=O) groups excluding carboxylic acids is 1. The van der Waals surface area contributed by atoms with Crippen LogP contribution in [0, 0.1) is 0 Å². The Kier molecular flexibility index (Phi) is 7.12. The molecule has 156 valence electrons. The molecular weight excluding hydrogens is 374 g/mol. The number of sulfonamides is 1. The number of rotatable bonds is 5. The lowest BCUT2D eigenvalue weighted by molar-refractivity contribution is -0.117. The third-order valence-corrected chi connectivity index (χ3v) is 8.03. The van der Waals surface area contributed by atoms with Gasteiger partial charge in [0.05, 0.1) is 11.4 Å². The monoisotopic (exact) mass is 407 g/mol. The smallest absolute Gasteiger partial charge is 0.243 e. The number of piperidine rings is 1. The molecule has 0 saturated carbocycles. The summed E-state index contributed by atoms with van der Waals surface area (Å²) in [5.41, 5.74) is 0.638. The van der Waals surface area contributed by atoms with Crippen LogP contribution in [-0.4, -0.2) is 55.2 Å². The summed E-state index contributed by atoms with van der Waals surface area (Å²) in [5, 5.41) is 2.90. The number of amides is 1. The molecule has 6 nitrogen and oxygen atoms in total. The molecule has 1 amide bonds. The van der Waals surface area contributed by atoms with Crippen molar-refractivity contribution < 1.29 is 13.2 Å². The normalized spacial score (nSPS) is 25.2. The highest BCUT2D eigenvalue weighted by atomic mass is 32.2. The van der Waals surface area contributed by atoms with Gasteiger partial charge in [-0.05, 0) is 76.9 Å². The van der Waals surface area contributed by atoms with E-state index in [4.69, 9.17) is 0 Å². The van der Waals surface area contributed by atoms with Crippen LogP contribution in [-0.2, 0) is 14.8 Å². The van der Waals surface area contributed by atoms with Crippen molar-refractivity contribution in [3.63, 3.8) is 0 Å². The van der Waals surface area contributed by atoms with Gasteiger partial charge in [0, 0.05) is 17.8 Å². The van der Waals surface area contributed by atoms with Crippen LogP contribution < -0.4 is 5.32 Å². The van der Waals surface area contributed by atoms with Crippen molar-refractivity contribution in [1.29, 1.82) is 0 Å². The van der Waals surface area contributed by atoms with Crippen molar-refractivity contribution in [2.24, 2.45) is 0 Å².